The Balaban J connectivity index is 2.34. The SMILES string of the molecule is CCc1nnc(C)cc1C(Cc1ccc(C)cc1Cl)NN. The average Bonchev–Trinajstić information content (AvgIpc) is 2.46. The zero-order valence-corrected chi connectivity index (χ0v) is 13.4. The smallest absolute Gasteiger partial charge is 0.0676 e. The van der Waals surface area contributed by atoms with Gasteiger partial charge in [-0.3, -0.25) is 11.3 Å². The van der Waals surface area contributed by atoms with Crippen LogP contribution in [0.3, 0.4) is 0 Å². The molecule has 112 valence electrons. The molecule has 0 saturated heterocycles. The predicted molar refractivity (Wildman–Crippen MR) is 86.1 cm³/mol. The second-order valence-corrected chi connectivity index (χ2v) is 5.67. The van der Waals surface area contributed by atoms with Crippen LogP contribution in [0.4, 0.5) is 0 Å². The number of hydrogen-bond acceptors (Lipinski definition) is 4. The van der Waals surface area contributed by atoms with E-state index in [2.05, 4.69) is 34.7 Å². The van der Waals surface area contributed by atoms with Crippen molar-refractivity contribution in [3.05, 3.63) is 57.4 Å². The molecule has 0 saturated carbocycles. The summed E-state index contributed by atoms with van der Waals surface area (Å²) in [7, 11) is 0. The van der Waals surface area contributed by atoms with Crippen LogP contribution in [-0.2, 0) is 12.8 Å². The van der Waals surface area contributed by atoms with E-state index in [4.69, 9.17) is 17.4 Å². The number of hydrazine groups is 1. The molecule has 1 atom stereocenters. The molecular weight excluding hydrogens is 284 g/mol. The van der Waals surface area contributed by atoms with Gasteiger partial charge in [0.2, 0.25) is 0 Å². The van der Waals surface area contributed by atoms with Crippen LogP contribution in [0.5, 0.6) is 0 Å². The van der Waals surface area contributed by atoms with Gasteiger partial charge in [0.05, 0.1) is 17.4 Å². The molecule has 0 fully saturated rings. The standard InChI is InChI=1S/C16H21ClN4/c1-4-15-13(8-11(3)20-21-15)16(19-18)9-12-6-5-10(2)7-14(12)17/h5-8,16,19H,4,9,18H2,1-3H3. The molecule has 1 aromatic carbocycles. The summed E-state index contributed by atoms with van der Waals surface area (Å²) in [6, 6.07) is 8.09. The Hall–Kier alpha value is -1.49. The predicted octanol–water partition coefficient (Wildman–Crippen LogP) is 3.06. The lowest BCUT2D eigenvalue weighted by molar-refractivity contribution is 0.541. The molecule has 1 unspecified atom stereocenters. The third kappa shape index (κ3) is 3.79. The van der Waals surface area contributed by atoms with E-state index in [1.165, 1.54) is 0 Å². The normalized spacial score (nSPS) is 12.4. The van der Waals surface area contributed by atoms with E-state index in [0.29, 0.717) is 6.42 Å². The monoisotopic (exact) mass is 304 g/mol. The van der Waals surface area contributed by atoms with E-state index in [0.717, 1.165) is 39.5 Å². The van der Waals surface area contributed by atoms with E-state index in [1.54, 1.807) is 0 Å². The van der Waals surface area contributed by atoms with Crippen molar-refractivity contribution in [2.45, 2.75) is 39.7 Å². The zero-order chi connectivity index (χ0) is 15.4. The van der Waals surface area contributed by atoms with Crippen LogP contribution in [0.1, 0.15) is 41.0 Å². The Morgan fingerprint density at radius 3 is 2.62 bits per heavy atom. The topological polar surface area (TPSA) is 63.8 Å². The molecule has 21 heavy (non-hydrogen) atoms. The number of halogens is 1. The highest BCUT2D eigenvalue weighted by Gasteiger charge is 2.17. The largest absolute Gasteiger partial charge is 0.271 e. The van der Waals surface area contributed by atoms with Crippen molar-refractivity contribution in [2.75, 3.05) is 0 Å². The number of benzene rings is 1. The Bertz CT molecular complexity index is 628. The van der Waals surface area contributed by atoms with Gasteiger partial charge in [0, 0.05) is 5.02 Å². The average molecular weight is 305 g/mol. The van der Waals surface area contributed by atoms with Gasteiger partial charge >= 0.3 is 0 Å². The maximum Gasteiger partial charge on any atom is 0.0676 e. The first-order valence-electron chi connectivity index (χ1n) is 7.09. The van der Waals surface area contributed by atoms with Crippen molar-refractivity contribution in [3.63, 3.8) is 0 Å². The summed E-state index contributed by atoms with van der Waals surface area (Å²) in [5.74, 6) is 5.77. The second-order valence-electron chi connectivity index (χ2n) is 5.26. The molecule has 0 bridgehead atoms. The minimum atomic E-state index is -0.0330. The van der Waals surface area contributed by atoms with Crippen LogP contribution in [0.15, 0.2) is 24.3 Å². The Morgan fingerprint density at radius 2 is 2.00 bits per heavy atom. The third-order valence-electron chi connectivity index (χ3n) is 3.57. The van der Waals surface area contributed by atoms with E-state index >= 15 is 0 Å². The Labute approximate surface area is 130 Å². The van der Waals surface area contributed by atoms with Gasteiger partial charge in [-0.2, -0.15) is 10.2 Å². The number of rotatable bonds is 5. The molecule has 0 radical (unpaired) electrons. The summed E-state index contributed by atoms with van der Waals surface area (Å²) < 4.78 is 0. The van der Waals surface area contributed by atoms with Gasteiger partial charge in [-0.05, 0) is 55.5 Å². The van der Waals surface area contributed by atoms with Crippen molar-refractivity contribution in [1.82, 2.24) is 15.6 Å². The van der Waals surface area contributed by atoms with Crippen molar-refractivity contribution in [2.24, 2.45) is 5.84 Å². The zero-order valence-electron chi connectivity index (χ0n) is 12.7. The molecule has 4 nitrogen and oxygen atoms in total. The first kappa shape index (κ1) is 15.9. The fourth-order valence-electron chi connectivity index (χ4n) is 2.41. The molecule has 2 aromatic rings. The summed E-state index contributed by atoms with van der Waals surface area (Å²) in [5.41, 5.74) is 8.04. The van der Waals surface area contributed by atoms with Gasteiger partial charge in [-0.15, -0.1) is 0 Å². The molecule has 0 aliphatic heterocycles. The molecule has 0 aliphatic rings. The second kappa shape index (κ2) is 6.98. The van der Waals surface area contributed by atoms with E-state index in [9.17, 15) is 0 Å². The summed E-state index contributed by atoms with van der Waals surface area (Å²) in [6.45, 7) is 6.03. The van der Waals surface area contributed by atoms with Crippen molar-refractivity contribution in [3.8, 4) is 0 Å². The number of nitrogens with one attached hydrogen (secondary N) is 1. The third-order valence-corrected chi connectivity index (χ3v) is 3.92. The van der Waals surface area contributed by atoms with Gasteiger partial charge in [-0.1, -0.05) is 30.7 Å². The highest BCUT2D eigenvalue weighted by atomic mass is 35.5. The number of aromatic nitrogens is 2. The number of nitrogens with zero attached hydrogens (tertiary/aromatic N) is 2. The number of aryl methyl sites for hydroxylation is 3. The lowest BCUT2D eigenvalue weighted by Gasteiger charge is -2.19. The molecular formula is C16H21ClN4. The summed E-state index contributed by atoms with van der Waals surface area (Å²) in [4.78, 5) is 0. The molecule has 2 rings (SSSR count). The van der Waals surface area contributed by atoms with Crippen LogP contribution in [0.2, 0.25) is 5.02 Å². The highest BCUT2D eigenvalue weighted by Crippen LogP contribution is 2.25. The van der Waals surface area contributed by atoms with Crippen molar-refractivity contribution < 1.29 is 0 Å². The van der Waals surface area contributed by atoms with E-state index in [1.807, 2.05) is 26.0 Å². The van der Waals surface area contributed by atoms with Gasteiger partial charge < -0.3 is 0 Å². The van der Waals surface area contributed by atoms with Crippen molar-refractivity contribution in [1.29, 1.82) is 0 Å². The van der Waals surface area contributed by atoms with Gasteiger partial charge in [0.1, 0.15) is 0 Å². The molecule has 1 heterocycles. The molecule has 0 spiro atoms. The fourth-order valence-corrected chi connectivity index (χ4v) is 2.72. The molecule has 1 aromatic heterocycles. The minimum absolute atomic E-state index is 0.0330. The lowest BCUT2D eigenvalue weighted by Crippen LogP contribution is -2.31. The summed E-state index contributed by atoms with van der Waals surface area (Å²) >= 11 is 6.33. The first-order valence-corrected chi connectivity index (χ1v) is 7.47. The molecule has 0 amide bonds. The van der Waals surface area contributed by atoms with E-state index < -0.39 is 0 Å². The lowest BCUT2D eigenvalue weighted by atomic mass is 9.96. The number of hydrogen-bond donors (Lipinski definition) is 2. The van der Waals surface area contributed by atoms with E-state index in [-0.39, 0.29) is 6.04 Å². The summed E-state index contributed by atoms with van der Waals surface area (Å²) in [5, 5.41) is 9.15. The fraction of sp³-hybridized carbons (Fsp3) is 0.375. The van der Waals surface area contributed by atoms with Gasteiger partial charge in [-0.25, -0.2) is 0 Å². The first-order chi connectivity index (χ1) is 10.0. The Morgan fingerprint density at radius 1 is 1.24 bits per heavy atom. The maximum absolute atomic E-state index is 6.33. The number of nitrogens with two attached hydrogens (primary N) is 1. The quantitative estimate of drug-likeness (QED) is 0.658. The van der Waals surface area contributed by atoms with Gasteiger partial charge in [0.15, 0.2) is 0 Å². The Kier molecular flexibility index (Phi) is 5.28. The van der Waals surface area contributed by atoms with Crippen molar-refractivity contribution >= 4 is 11.6 Å². The highest BCUT2D eigenvalue weighted by molar-refractivity contribution is 6.31. The van der Waals surface area contributed by atoms with Crippen LogP contribution >= 0.6 is 11.6 Å². The maximum atomic E-state index is 6.33. The van der Waals surface area contributed by atoms with Crippen LogP contribution in [0.25, 0.3) is 0 Å². The molecule has 0 aliphatic carbocycles. The minimum Gasteiger partial charge on any atom is -0.271 e. The van der Waals surface area contributed by atoms with Crippen LogP contribution < -0.4 is 11.3 Å². The van der Waals surface area contributed by atoms with Crippen LogP contribution in [0, 0.1) is 13.8 Å². The van der Waals surface area contributed by atoms with Gasteiger partial charge in [0.25, 0.3) is 0 Å². The summed E-state index contributed by atoms with van der Waals surface area (Å²) in [6.07, 6.45) is 1.54. The van der Waals surface area contributed by atoms with Crippen LogP contribution in [-0.4, -0.2) is 10.2 Å². The molecule has 5 heteroatoms. The molecule has 3 N–H and O–H groups in total.